The highest BCUT2D eigenvalue weighted by molar-refractivity contribution is 5.05. The van der Waals surface area contributed by atoms with E-state index >= 15 is 0 Å². The Hall–Kier alpha value is -0.870. The first-order valence-electron chi connectivity index (χ1n) is 7.98. The molecule has 1 unspecified atom stereocenters. The van der Waals surface area contributed by atoms with Crippen molar-refractivity contribution in [1.82, 2.24) is 14.7 Å². The Morgan fingerprint density at radius 3 is 2.45 bits per heavy atom. The number of nitrogens with two attached hydrogens (primary N) is 1. The summed E-state index contributed by atoms with van der Waals surface area (Å²) in [6, 6.07) is 0.209. The molecule has 1 aromatic rings. The fraction of sp³-hybridized carbons (Fsp3) is 0.812. The molecular formula is C16H30N4. The second kappa shape index (κ2) is 6.72. The van der Waals surface area contributed by atoms with E-state index in [1.165, 1.54) is 44.3 Å². The quantitative estimate of drug-likeness (QED) is 0.899. The van der Waals surface area contributed by atoms with Crippen molar-refractivity contribution in [2.24, 2.45) is 12.8 Å². The molecule has 1 saturated heterocycles. The first kappa shape index (κ1) is 15.5. The van der Waals surface area contributed by atoms with Crippen molar-refractivity contribution >= 4 is 0 Å². The van der Waals surface area contributed by atoms with E-state index < -0.39 is 0 Å². The minimum Gasteiger partial charge on any atom is -0.326 e. The third kappa shape index (κ3) is 3.83. The predicted molar refractivity (Wildman–Crippen MR) is 83.6 cm³/mol. The molecule has 1 aliphatic rings. The van der Waals surface area contributed by atoms with Crippen LogP contribution in [-0.2, 0) is 13.5 Å². The van der Waals surface area contributed by atoms with Gasteiger partial charge in [0.15, 0.2) is 0 Å². The zero-order chi connectivity index (χ0) is 14.6. The number of rotatable bonds is 5. The van der Waals surface area contributed by atoms with Crippen molar-refractivity contribution in [3.63, 3.8) is 0 Å². The first-order chi connectivity index (χ1) is 9.50. The Balaban J connectivity index is 1.89. The van der Waals surface area contributed by atoms with Crippen LogP contribution >= 0.6 is 0 Å². The normalized spacial score (nSPS) is 19.8. The molecule has 4 nitrogen and oxygen atoms in total. The lowest BCUT2D eigenvalue weighted by Gasteiger charge is -2.42. The average Bonchev–Trinajstić information content (AvgIpc) is 2.68. The zero-order valence-corrected chi connectivity index (χ0v) is 13.3. The molecule has 4 heteroatoms. The van der Waals surface area contributed by atoms with E-state index in [0.717, 1.165) is 12.8 Å². The van der Waals surface area contributed by atoms with Crippen molar-refractivity contribution < 1.29 is 0 Å². The van der Waals surface area contributed by atoms with Gasteiger partial charge in [0.05, 0.1) is 6.20 Å². The maximum absolute atomic E-state index is 6.52. The summed E-state index contributed by atoms with van der Waals surface area (Å²) < 4.78 is 1.86. The van der Waals surface area contributed by atoms with Crippen LogP contribution in [0.25, 0.3) is 0 Å². The summed E-state index contributed by atoms with van der Waals surface area (Å²) >= 11 is 0. The van der Waals surface area contributed by atoms with Gasteiger partial charge >= 0.3 is 0 Å². The molecule has 20 heavy (non-hydrogen) atoms. The van der Waals surface area contributed by atoms with Crippen molar-refractivity contribution in [2.75, 3.05) is 13.1 Å². The molecule has 1 fully saturated rings. The van der Waals surface area contributed by atoms with Crippen molar-refractivity contribution in [3.05, 3.63) is 18.0 Å². The minimum atomic E-state index is 0.0898. The maximum atomic E-state index is 6.52. The highest BCUT2D eigenvalue weighted by atomic mass is 15.2. The van der Waals surface area contributed by atoms with E-state index in [0.29, 0.717) is 0 Å². The van der Waals surface area contributed by atoms with E-state index in [2.05, 4.69) is 30.0 Å². The van der Waals surface area contributed by atoms with Crippen LogP contribution in [-0.4, -0.2) is 39.4 Å². The molecule has 114 valence electrons. The van der Waals surface area contributed by atoms with Crippen LogP contribution in [0.4, 0.5) is 0 Å². The van der Waals surface area contributed by atoms with Gasteiger partial charge in [-0.3, -0.25) is 9.58 Å². The number of nitrogens with zero attached hydrogens (tertiary/aromatic N) is 3. The molecule has 2 N–H and O–H groups in total. The van der Waals surface area contributed by atoms with Gasteiger partial charge in [-0.25, -0.2) is 0 Å². The van der Waals surface area contributed by atoms with Crippen LogP contribution in [0.1, 0.15) is 51.5 Å². The molecule has 0 amide bonds. The monoisotopic (exact) mass is 278 g/mol. The third-order valence-electron chi connectivity index (χ3n) is 4.83. The smallest absolute Gasteiger partial charge is 0.0521 e. The Morgan fingerprint density at radius 1 is 1.25 bits per heavy atom. The molecule has 0 aliphatic carbocycles. The van der Waals surface area contributed by atoms with Gasteiger partial charge in [-0.15, -0.1) is 0 Å². The molecule has 2 heterocycles. The van der Waals surface area contributed by atoms with E-state index in [-0.39, 0.29) is 11.6 Å². The fourth-order valence-corrected chi connectivity index (χ4v) is 3.16. The van der Waals surface area contributed by atoms with Crippen LogP contribution in [0.2, 0.25) is 0 Å². The summed E-state index contributed by atoms with van der Waals surface area (Å²) in [5.74, 6) is 0. The van der Waals surface area contributed by atoms with Gasteiger partial charge in [-0.1, -0.05) is 12.8 Å². The molecule has 0 radical (unpaired) electrons. The number of aromatic nitrogens is 2. The molecule has 1 aliphatic heterocycles. The summed E-state index contributed by atoms with van der Waals surface area (Å²) in [5.41, 5.74) is 7.90. The highest BCUT2D eigenvalue weighted by Gasteiger charge is 2.32. The second-order valence-corrected chi connectivity index (χ2v) is 6.72. The molecule has 0 bridgehead atoms. The second-order valence-electron chi connectivity index (χ2n) is 6.72. The van der Waals surface area contributed by atoms with Crippen LogP contribution < -0.4 is 5.73 Å². The van der Waals surface area contributed by atoms with Gasteiger partial charge in [-0.2, -0.15) is 5.10 Å². The SMILES string of the molecule is Cn1cc(CCC(N)C(C)(C)N2CCCCCC2)cn1. The summed E-state index contributed by atoms with van der Waals surface area (Å²) in [5, 5.41) is 4.22. The number of hydrogen-bond acceptors (Lipinski definition) is 3. The molecule has 0 spiro atoms. The van der Waals surface area contributed by atoms with E-state index in [9.17, 15) is 0 Å². The number of likely N-dealkylation sites (tertiary alicyclic amines) is 1. The average molecular weight is 278 g/mol. The highest BCUT2D eigenvalue weighted by Crippen LogP contribution is 2.24. The van der Waals surface area contributed by atoms with Crippen LogP contribution in [0.3, 0.4) is 0 Å². The summed E-state index contributed by atoms with van der Waals surface area (Å²) in [7, 11) is 1.96. The zero-order valence-electron chi connectivity index (χ0n) is 13.3. The lowest BCUT2D eigenvalue weighted by molar-refractivity contribution is 0.0949. The molecule has 0 aromatic carbocycles. The van der Waals surface area contributed by atoms with Crippen molar-refractivity contribution in [2.45, 2.75) is 64.0 Å². The van der Waals surface area contributed by atoms with E-state index in [1.807, 2.05) is 17.9 Å². The van der Waals surface area contributed by atoms with Crippen molar-refractivity contribution in [1.29, 1.82) is 0 Å². The molecule has 1 atom stereocenters. The minimum absolute atomic E-state index is 0.0898. The molecule has 0 saturated carbocycles. The Morgan fingerprint density at radius 2 is 1.90 bits per heavy atom. The topological polar surface area (TPSA) is 47.1 Å². The lowest BCUT2D eigenvalue weighted by atomic mass is 9.88. The van der Waals surface area contributed by atoms with Crippen LogP contribution in [0.5, 0.6) is 0 Å². The van der Waals surface area contributed by atoms with Gasteiger partial charge in [0.2, 0.25) is 0 Å². The van der Waals surface area contributed by atoms with Gasteiger partial charge in [-0.05, 0) is 58.2 Å². The largest absolute Gasteiger partial charge is 0.326 e. The standard InChI is InChI=1S/C16H30N4/c1-16(2,20-10-6-4-5-7-11-20)15(17)9-8-14-12-18-19(3)13-14/h12-13,15H,4-11,17H2,1-3H3. The van der Waals surface area contributed by atoms with Gasteiger partial charge in [0.1, 0.15) is 0 Å². The van der Waals surface area contributed by atoms with E-state index in [4.69, 9.17) is 5.73 Å². The Kier molecular flexibility index (Phi) is 5.22. The summed E-state index contributed by atoms with van der Waals surface area (Å²) in [6.07, 6.45) is 11.5. The Labute approximate surface area is 123 Å². The molecular weight excluding hydrogens is 248 g/mol. The first-order valence-corrected chi connectivity index (χ1v) is 7.98. The lowest BCUT2D eigenvalue weighted by Crippen LogP contribution is -2.56. The summed E-state index contributed by atoms with van der Waals surface area (Å²) in [4.78, 5) is 2.61. The van der Waals surface area contributed by atoms with Gasteiger partial charge in [0.25, 0.3) is 0 Å². The summed E-state index contributed by atoms with van der Waals surface area (Å²) in [6.45, 7) is 7.03. The fourth-order valence-electron chi connectivity index (χ4n) is 3.16. The predicted octanol–water partition coefficient (Wildman–Crippen LogP) is 2.33. The Bertz CT molecular complexity index is 402. The van der Waals surface area contributed by atoms with Crippen LogP contribution in [0.15, 0.2) is 12.4 Å². The molecule has 2 rings (SSSR count). The van der Waals surface area contributed by atoms with E-state index in [1.54, 1.807) is 0 Å². The van der Waals surface area contributed by atoms with Crippen molar-refractivity contribution in [3.8, 4) is 0 Å². The van der Waals surface area contributed by atoms with Gasteiger partial charge in [0, 0.05) is 24.8 Å². The number of aryl methyl sites for hydroxylation is 2. The molecule has 1 aromatic heterocycles. The third-order valence-corrected chi connectivity index (χ3v) is 4.83. The number of hydrogen-bond donors (Lipinski definition) is 1. The van der Waals surface area contributed by atoms with Crippen LogP contribution in [0, 0.1) is 0 Å². The van der Waals surface area contributed by atoms with Gasteiger partial charge < -0.3 is 5.73 Å². The maximum Gasteiger partial charge on any atom is 0.0521 e.